The van der Waals surface area contributed by atoms with Gasteiger partial charge in [0, 0.05) is 24.8 Å². The standard InChI is InChI=1S/C21H22N6O2/c1-2-3-6-17-25-18(20(23)28)19(21(24)29)27(17)13-14-7-9-15(10-8-14)26-11-4-5-16(26)12-22/h4-5,7-11H,2-3,6,13H2,1H3,(H2,23,28)(H2,24,29). The van der Waals surface area contributed by atoms with Crippen molar-refractivity contribution in [2.24, 2.45) is 11.5 Å². The number of aromatic nitrogens is 3. The molecule has 3 rings (SSSR count). The molecule has 0 atom stereocenters. The lowest BCUT2D eigenvalue weighted by molar-refractivity contribution is 0.0959. The van der Waals surface area contributed by atoms with Crippen molar-refractivity contribution in [3.05, 3.63) is 71.1 Å². The zero-order chi connectivity index (χ0) is 21.0. The van der Waals surface area contributed by atoms with Crippen molar-refractivity contribution < 1.29 is 9.59 Å². The number of carbonyl (C=O) groups excluding carboxylic acids is 2. The highest BCUT2D eigenvalue weighted by molar-refractivity contribution is 6.04. The topological polar surface area (TPSA) is 133 Å². The van der Waals surface area contributed by atoms with Crippen molar-refractivity contribution >= 4 is 11.8 Å². The maximum absolute atomic E-state index is 12.0. The van der Waals surface area contributed by atoms with Gasteiger partial charge in [-0.1, -0.05) is 25.5 Å². The predicted octanol–water partition coefficient (Wildman–Crippen LogP) is 2.13. The Labute approximate surface area is 168 Å². The second-order valence-electron chi connectivity index (χ2n) is 6.69. The minimum absolute atomic E-state index is 0.0323. The zero-order valence-corrected chi connectivity index (χ0v) is 16.1. The van der Waals surface area contributed by atoms with Gasteiger partial charge in [0.1, 0.15) is 23.3 Å². The van der Waals surface area contributed by atoms with Crippen LogP contribution >= 0.6 is 0 Å². The fourth-order valence-electron chi connectivity index (χ4n) is 3.26. The molecule has 0 spiro atoms. The van der Waals surface area contributed by atoms with Gasteiger partial charge in [0.05, 0.1) is 0 Å². The number of nitriles is 1. The Morgan fingerprint density at radius 3 is 2.45 bits per heavy atom. The third-order valence-corrected chi connectivity index (χ3v) is 4.69. The van der Waals surface area contributed by atoms with Gasteiger partial charge in [-0.3, -0.25) is 9.59 Å². The number of rotatable bonds is 8. The molecule has 2 aromatic heterocycles. The number of hydrogen-bond acceptors (Lipinski definition) is 4. The van der Waals surface area contributed by atoms with E-state index in [2.05, 4.69) is 11.1 Å². The van der Waals surface area contributed by atoms with E-state index in [4.69, 9.17) is 11.5 Å². The normalized spacial score (nSPS) is 10.6. The molecule has 0 aliphatic heterocycles. The summed E-state index contributed by atoms with van der Waals surface area (Å²) in [6.45, 7) is 2.38. The number of carbonyl (C=O) groups is 2. The maximum Gasteiger partial charge on any atom is 0.269 e. The molecule has 3 aromatic rings. The second-order valence-corrected chi connectivity index (χ2v) is 6.69. The Morgan fingerprint density at radius 1 is 1.14 bits per heavy atom. The Balaban J connectivity index is 1.97. The molecule has 8 heteroatoms. The van der Waals surface area contributed by atoms with Crippen molar-refractivity contribution in [2.75, 3.05) is 0 Å². The van der Waals surface area contributed by atoms with Crippen molar-refractivity contribution in [1.29, 1.82) is 5.26 Å². The van der Waals surface area contributed by atoms with E-state index in [0.29, 0.717) is 24.5 Å². The highest BCUT2D eigenvalue weighted by Crippen LogP contribution is 2.19. The van der Waals surface area contributed by atoms with E-state index in [1.165, 1.54) is 0 Å². The van der Waals surface area contributed by atoms with Gasteiger partial charge < -0.3 is 20.6 Å². The van der Waals surface area contributed by atoms with Crippen LogP contribution in [-0.4, -0.2) is 25.9 Å². The molecule has 0 saturated heterocycles. The molecule has 148 valence electrons. The number of benzene rings is 1. The van der Waals surface area contributed by atoms with E-state index in [1.54, 1.807) is 15.2 Å². The van der Waals surface area contributed by atoms with E-state index in [1.807, 2.05) is 43.5 Å². The smallest absolute Gasteiger partial charge is 0.269 e. The fourth-order valence-corrected chi connectivity index (χ4v) is 3.26. The number of nitrogens with zero attached hydrogens (tertiary/aromatic N) is 4. The molecule has 0 unspecified atom stereocenters. The summed E-state index contributed by atoms with van der Waals surface area (Å²) in [4.78, 5) is 28.1. The summed E-state index contributed by atoms with van der Waals surface area (Å²) >= 11 is 0. The lowest BCUT2D eigenvalue weighted by atomic mass is 10.1. The summed E-state index contributed by atoms with van der Waals surface area (Å²) in [6.07, 6.45) is 4.22. The highest BCUT2D eigenvalue weighted by Gasteiger charge is 2.24. The van der Waals surface area contributed by atoms with E-state index in [9.17, 15) is 14.9 Å². The first-order valence-electron chi connectivity index (χ1n) is 9.32. The zero-order valence-electron chi connectivity index (χ0n) is 16.1. The molecule has 0 aliphatic carbocycles. The van der Waals surface area contributed by atoms with Gasteiger partial charge in [0.25, 0.3) is 11.8 Å². The third kappa shape index (κ3) is 4.04. The molecule has 1 aromatic carbocycles. The lowest BCUT2D eigenvalue weighted by Gasteiger charge is -2.12. The van der Waals surface area contributed by atoms with Gasteiger partial charge in [-0.05, 0) is 36.2 Å². The van der Waals surface area contributed by atoms with Crippen LogP contribution in [0.2, 0.25) is 0 Å². The summed E-state index contributed by atoms with van der Waals surface area (Å²) in [7, 11) is 0. The average Bonchev–Trinajstić information content (AvgIpc) is 3.31. The average molecular weight is 390 g/mol. The van der Waals surface area contributed by atoms with Gasteiger partial charge in [0.2, 0.25) is 0 Å². The van der Waals surface area contributed by atoms with E-state index >= 15 is 0 Å². The summed E-state index contributed by atoms with van der Waals surface area (Å²) in [6, 6.07) is 13.3. The molecule has 4 N–H and O–H groups in total. The van der Waals surface area contributed by atoms with Crippen molar-refractivity contribution in [3.8, 4) is 11.8 Å². The monoisotopic (exact) mass is 390 g/mol. The number of nitrogens with two attached hydrogens (primary N) is 2. The summed E-state index contributed by atoms with van der Waals surface area (Å²) in [5.41, 5.74) is 13.2. The number of aryl methyl sites for hydroxylation is 1. The van der Waals surface area contributed by atoms with Crippen LogP contribution in [0, 0.1) is 11.3 Å². The molecule has 0 aliphatic rings. The molecule has 8 nitrogen and oxygen atoms in total. The lowest BCUT2D eigenvalue weighted by Crippen LogP contribution is -2.23. The SMILES string of the molecule is CCCCc1nc(C(N)=O)c(C(N)=O)n1Cc1ccc(-n2cccc2C#N)cc1. The first kappa shape index (κ1) is 19.9. The molecular weight excluding hydrogens is 368 g/mol. The minimum atomic E-state index is -0.776. The van der Waals surface area contributed by atoms with Crippen LogP contribution < -0.4 is 11.5 Å². The molecule has 0 saturated carbocycles. The van der Waals surface area contributed by atoms with Gasteiger partial charge in [-0.2, -0.15) is 5.26 Å². The van der Waals surface area contributed by atoms with E-state index in [-0.39, 0.29) is 11.4 Å². The van der Waals surface area contributed by atoms with Crippen LogP contribution in [0.1, 0.15) is 57.8 Å². The fraction of sp³-hybridized carbons (Fsp3) is 0.238. The quantitative estimate of drug-likeness (QED) is 0.609. The van der Waals surface area contributed by atoms with Crippen LogP contribution in [0.25, 0.3) is 5.69 Å². The number of primary amides is 2. The van der Waals surface area contributed by atoms with E-state index < -0.39 is 11.8 Å². The highest BCUT2D eigenvalue weighted by atomic mass is 16.2. The van der Waals surface area contributed by atoms with Crippen LogP contribution in [0.5, 0.6) is 0 Å². The van der Waals surface area contributed by atoms with Crippen LogP contribution in [0.3, 0.4) is 0 Å². The molecule has 0 bridgehead atoms. The Bertz CT molecular complexity index is 1090. The predicted molar refractivity (Wildman–Crippen MR) is 107 cm³/mol. The van der Waals surface area contributed by atoms with Gasteiger partial charge in [-0.25, -0.2) is 4.98 Å². The van der Waals surface area contributed by atoms with Crippen molar-refractivity contribution in [2.45, 2.75) is 32.7 Å². The molecule has 2 heterocycles. The summed E-state index contributed by atoms with van der Waals surface area (Å²) in [5.74, 6) is -0.908. The van der Waals surface area contributed by atoms with Crippen LogP contribution in [0.15, 0.2) is 42.6 Å². The van der Waals surface area contributed by atoms with Gasteiger partial charge >= 0.3 is 0 Å². The number of imidazole rings is 1. The van der Waals surface area contributed by atoms with Crippen LogP contribution in [-0.2, 0) is 13.0 Å². The Kier molecular flexibility index (Phi) is 5.79. The van der Waals surface area contributed by atoms with Gasteiger partial charge in [-0.15, -0.1) is 0 Å². The number of unbranched alkanes of at least 4 members (excludes halogenated alkanes) is 1. The minimum Gasteiger partial charge on any atom is -0.364 e. The molecular formula is C21H22N6O2. The first-order chi connectivity index (χ1) is 14.0. The second kappa shape index (κ2) is 8.44. The number of hydrogen-bond donors (Lipinski definition) is 2. The summed E-state index contributed by atoms with van der Waals surface area (Å²) < 4.78 is 3.46. The third-order valence-electron chi connectivity index (χ3n) is 4.69. The molecule has 2 amide bonds. The van der Waals surface area contributed by atoms with Gasteiger partial charge in [0.15, 0.2) is 5.69 Å². The Morgan fingerprint density at radius 2 is 1.86 bits per heavy atom. The number of amides is 2. The van der Waals surface area contributed by atoms with Crippen LogP contribution in [0.4, 0.5) is 0 Å². The van der Waals surface area contributed by atoms with Crippen molar-refractivity contribution in [3.63, 3.8) is 0 Å². The molecule has 29 heavy (non-hydrogen) atoms. The molecule has 0 radical (unpaired) electrons. The largest absolute Gasteiger partial charge is 0.364 e. The Hall–Kier alpha value is -3.86. The van der Waals surface area contributed by atoms with Crippen molar-refractivity contribution in [1.82, 2.24) is 14.1 Å². The first-order valence-corrected chi connectivity index (χ1v) is 9.32. The summed E-state index contributed by atoms with van der Waals surface area (Å²) in [5, 5.41) is 9.19. The maximum atomic E-state index is 12.0. The molecule has 0 fully saturated rings. The van der Waals surface area contributed by atoms with E-state index in [0.717, 1.165) is 24.1 Å².